The summed E-state index contributed by atoms with van der Waals surface area (Å²) in [7, 11) is 0. The molecule has 2 aliphatic rings. The molecule has 1 aromatic rings. The molecule has 1 aromatic carbocycles. The Bertz CT molecular complexity index is 803. The molecule has 0 radical (unpaired) electrons. The third-order valence-corrected chi connectivity index (χ3v) is 6.23. The van der Waals surface area contributed by atoms with Crippen LogP contribution in [-0.4, -0.2) is 73.3 Å². The van der Waals surface area contributed by atoms with Gasteiger partial charge in [-0.15, -0.1) is 0 Å². The van der Waals surface area contributed by atoms with Crippen molar-refractivity contribution >= 4 is 23.6 Å². The lowest BCUT2D eigenvalue weighted by atomic mass is 9.96. The van der Waals surface area contributed by atoms with E-state index in [1.165, 1.54) is 0 Å². The van der Waals surface area contributed by atoms with Crippen molar-refractivity contribution in [1.29, 1.82) is 0 Å². The van der Waals surface area contributed by atoms with Crippen LogP contribution in [0.1, 0.15) is 63.2 Å². The minimum absolute atomic E-state index is 0.0107. The largest absolute Gasteiger partial charge is 0.493 e. The van der Waals surface area contributed by atoms with Crippen molar-refractivity contribution in [3.05, 3.63) is 28.8 Å². The monoisotopic (exact) mass is 479 g/mol. The summed E-state index contributed by atoms with van der Waals surface area (Å²) in [5.74, 6) is 0.887. The van der Waals surface area contributed by atoms with E-state index in [1.807, 2.05) is 25.7 Å². The number of rotatable bonds is 2. The van der Waals surface area contributed by atoms with E-state index in [1.54, 1.807) is 23.1 Å². The third kappa shape index (κ3) is 8.07. The quantitative estimate of drug-likeness (QED) is 0.672. The van der Waals surface area contributed by atoms with E-state index in [0.29, 0.717) is 55.0 Å². The fourth-order valence-corrected chi connectivity index (χ4v) is 4.39. The molecule has 1 fully saturated rings. The smallest absolute Gasteiger partial charge is 0.410 e. The van der Waals surface area contributed by atoms with Gasteiger partial charge in [-0.25, -0.2) is 4.79 Å². The van der Waals surface area contributed by atoms with Crippen molar-refractivity contribution in [1.82, 2.24) is 15.1 Å². The zero-order valence-electron chi connectivity index (χ0n) is 20.2. The van der Waals surface area contributed by atoms with Crippen molar-refractivity contribution in [2.45, 2.75) is 58.5 Å². The molecule has 184 valence electrons. The number of amides is 2. The number of piperidine rings is 1. The Labute approximate surface area is 202 Å². The van der Waals surface area contributed by atoms with Crippen LogP contribution in [-0.2, 0) is 4.74 Å². The van der Waals surface area contributed by atoms with Crippen LogP contribution in [0.5, 0.6) is 5.75 Å². The van der Waals surface area contributed by atoms with E-state index in [2.05, 4.69) is 5.32 Å². The molecule has 1 N–H and O–H groups in total. The highest BCUT2D eigenvalue weighted by Gasteiger charge is 2.29. The lowest BCUT2D eigenvalue weighted by Crippen LogP contribution is -2.44. The maximum atomic E-state index is 13.6. The van der Waals surface area contributed by atoms with Gasteiger partial charge < -0.3 is 24.6 Å². The number of fused-ring (bicyclic) bond motifs is 1. The van der Waals surface area contributed by atoms with Gasteiger partial charge in [-0.3, -0.25) is 4.79 Å². The first-order chi connectivity index (χ1) is 15.7. The van der Waals surface area contributed by atoms with E-state index >= 15 is 0 Å². The van der Waals surface area contributed by atoms with Gasteiger partial charge in [-0.2, -0.15) is 0 Å². The Hall–Kier alpha value is -1.99. The summed E-state index contributed by atoms with van der Waals surface area (Å²) in [6.07, 6.45) is 4.30. The van der Waals surface area contributed by atoms with E-state index in [4.69, 9.17) is 21.1 Å². The Balaban J connectivity index is 1.67. The molecule has 3 rings (SSSR count). The van der Waals surface area contributed by atoms with Gasteiger partial charge in [0.05, 0.1) is 12.2 Å². The molecule has 2 aliphatic heterocycles. The molecule has 0 saturated carbocycles. The normalized spacial score (nSPS) is 19.6. The highest BCUT2D eigenvalue weighted by atomic mass is 35.5. The summed E-state index contributed by atoms with van der Waals surface area (Å²) in [5.41, 5.74) is 0.0732. The van der Waals surface area contributed by atoms with Crippen LogP contribution < -0.4 is 10.1 Å². The zero-order valence-corrected chi connectivity index (χ0v) is 21.0. The van der Waals surface area contributed by atoms with Crippen LogP contribution in [0.15, 0.2) is 18.2 Å². The number of carbonyl (C=O) groups excluding carboxylic acids is 2. The van der Waals surface area contributed by atoms with Gasteiger partial charge in [0.1, 0.15) is 11.4 Å². The molecule has 0 aromatic heterocycles. The number of carbonyl (C=O) groups is 2. The second kappa shape index (κ2) is 11.9. The molecular weight excluding hydrogens is 442 g/mol. The first kappa shape index (κ1) is 25.6. The molecule has 0 spiro atoms. The molecule has 2 heterocycles. The number of ether oxygens (including phenoxy) is 2. The average Bonchev–Trinajstić information content (AvgIpc) is 2.77. The molecule has 8 heteroatoms. The van der Waals surface area contributed by atoms with E-state index < -0.39 is 5.60 Å². The fraction of sp³-hybridized carbons (Fsp3) is 0.680. The van der Waals surface area contributed by atoms with Crippen LogP contribution in [0.2, 0.25) is 5.02 Å². The SMILES string of the molecule is CC(C)(C)OC(=O)N1CCC(CN2CCCCNCCCOc3cc(Cl)ccc3C2=O)CC1. The average molecular weight is 480 g/mol. The Morgan fingerprint density at radius 3 is 2.61 bits per heavy atom. The van der Waals surface area contributed by atoms with Gasteiger partial charge in [-0.05, 0) is 90.1 Å². The van der Waals surface area contributed by atoms with E-state index in [9.17, 15) is 9.59 Å². The molecule has 0 bridgehead atoms. The minimum atomic E-state index is -0.494. The fourth-order valence-electron chi connectivity index (χ4n) is 4.23. The molecule has 0 atom stereocenters. The summed E-state index contributed by atoms with van der Waals surface area (Å²) in [6.45, 7) is 10.7. The topological polar surface area (TPSA) is 71.1 Å². The van der Waals surface area contributed by atoms with Crippen LogP contribution in [0.25, 0.3) is 0 Å². The molecular formula is C25H38ClN3O4. The molecule has 2 amide bonds. The Morgan fingerprint density at radius 2 is 1.88 bits per heavy atom. The lowest BCUT2D eigenvalue weighted by Gasteiger charge is -2.36. The summed E-state index contributed by atoms with van der Waals surface area (Å²) < 4.78 is 11.4. The van der Waals surface area contributed by atoms with Gasteiger partial charge in [0.15, 0.2) is 0 Å². The highest BCUT2D eigenvalue weighted by Crippen LogP contribution is 2.27. The number of nitrogens with zero attached hydrogens (tertiary/aromatic N) is 2. The maximum absolute atomic E-state index is 13.6. The van der Waals surface area contributed by atoms with Crippen molar-refractivity contribution in [3.63, 3.8) is 0 Å². The molecule has 33 heavy (non-hydrogen) atoms. The number of hydrogen-bond donors (Lipinski definition) is 1. The number of halogens is 1. The second-order valence-electron chi connectivity index (χ2n) is 9.96. The van der Waals surface area contributed by atoms with Crippen molar-refractivity contribution < 1.29 is 19.1 Å². The number of nitrogens with one attached hydrogen (secondary N) is 1. The molecule has 1 saturated heterocycles. The Morgan fingerprint density at radius 1 is 1.15 bits per heavy atom. The maximum Gasteiger partial charge on any atom is 0.410 e. The molecule has 0 unspecified atom stereocenters. The zero-order chi connectivity index (χ0) is 23.8. The highest BCUT2D eigenvalue weighted by molar-refractivity contribution is 6.30. The van der Waals surface area contributed by atoms with Crippen LogP contribution in [0, 0.1) is 5.92 Å². The van der Waals surface area contributed by atoms with Crippen molar-refractivity contribution in [2.24, 2.45) is 5.92 Å². The van der Waals surface area contributed by atoms with Gasteiger partial charge >= 0.3 is 6.09 Å². The van der Waals surface area contributed by atoms with E-state index in [0.717, 1.165) is 45.2 Å². The summed E-state index contributed by atoms with van der Waals surface area (Å²) in [4.78, 5) is 29.7. The van der Waals surface area contributed by atoms with Crippen LogP contribution in [0.4, 0.5) is 4.79 Å². The predicted octanol–water partition coefficient (Wildman–Crippen LogP) is 4.58. The first-order valence-electron chi connectivity index (χ1n) is 12.1. The predicted molar refractivity (Wildman–Crippen MR) is 130 cm³/mol. The van der Waals surface area contributed by atoms with Crippen LogP contribution in [0.3, 0.4) is 0 Å². The summed E-state index contributed by atoms with van der Waals surface area (Å²) in [5, 5.41) is 4.00. The van der Waals surface area contributed by atoms with Gasteiger partial charge in [0, 0.05) is 31.2 Å². The Kier molecular flexibility index (Phi) is 9.27. The number of hydrogen-bond acceptors (Lipinski definition) is 5. The summed E-state index contributed by atoms with van der Waals surface area (Å²) >= 11 is 6.19. The number of benzene rings is 1. The summed E-state index contributed by atoms with van der Waals surface area (Å²) in [6, 6.07) is 5.26. The lowest BCUT2D eigenvalue weighted by molar-refractivity contribution is 0.0166. The standard InChI is InChI=1S/C25H38ClN3O4/c1-25(2,3)33-24(31)28-14-9-19(10-15-28)18-29-13-5-4-11-27-12-6-16-32-22-17-20(26)7-8-21(22)23(29)30/h7-8,17,19,27H,4-6,9-16,18H2,1-3H3. The minimum Gasteiger partial charge on any atom is -0.493 e. The van der Waals surface area contributed by atoms with Gasteiger partial charge in [0.25, 0.3) is 5.91 Å². The second-order valence-corrected chi connectivity index (χ2v) is 10.4. The van der Waals surface area contributed by atoms with Gasteiger partial charge in [0.2, 0.25) is 0 Å². The third-order valence-electron chi connectivity index (χ3n) is 5.99. The number of likely N-dealkylation sites (tertiary alicyclic amines) is 1. The van der Waals surface area contributed by atoms with Crippen LogP contribution >= 0.6 is 11.6 Å². The first-order valence-corrected chi connectivity index (χ1v) is 12.5. The molecule has 7 nitrogen and oxygen atoms in total. The molecule has 0 aliphatic carbocycles. The van der Waals surface area contributed by atoms with Crippen molar-refractivity contribution in [2.75, 3.05) is 45.9 Å². The van der Waals surface area contributed by atoms with Crippen molar-refractivity contribution in [3.8, 4) is 5.75 Å². The van der Waals surface area contributed by atoms with E-state index in [-0.39, 0.29) is 12.0 Å². The van der Waals surface area contributed by atoms with Gasteiger partial charge in [-0.1, -0.05) is 11.6 Å².